The van der Waals surface area contributed by atoms with Gasteiger partial charge in [0.1, 0.15) is 34.5 Å². The molecule has 0 aliphatic rings. The minimum absolute atomic E-state index is 0.176. The Balaban J connectivity index is 2.83. The number of rotatable bonds is 6. The number of phenolic OH excluding ortho intramolecular Hbond substituents is 3. The highest BCUT2D eigenvalue weighted by atomic mass is 31.2. The molecule has 0 heterocycles. The van der Waals surface area contributed by atoms with E-state index in [1.807, 2.05) is 62.3 Å². The summed E-state index contributed by atoms with van der Waals surface area (Å²) >= 11 is 0. The summed E-state index contributed by atoms with van der Waals surface area (Å²) in [6.07, 6.45) is 0. The van der Waals surface area contributed by atoms with Gasteiger partial charge in [-0.2, -0.15) is 4.57 Å². The zero-order chi connectivity index (χ0) is 48.9. The fraction of sp³-hybridized carbons (Fsp3) is 0.667. The molecule has 0 saturated heterocycles. The first-order valence-corrected chi connectivity index (χ1v) is 24.0. The van der Waals surface area contributed by atoms with Gasteiger partial charge in [-0.05, 0) is 66.9 Å². The summed E-state index contributed by atoms with van der Waals surface area (Å²) in [5.41, 5.74) is 0.883. The number of phosphoric ester groups is 1. The van der Waals surface area contributed by atoms with E-state index in [0.717, 1.165) is 0 Å². The lowest BCUT2D eigenvalue weighted by Crippen LogP contribution is -2.28. The second-order valence-electron chi connectivity index (χ2n) is 27.0. The molecule has 3 rings (SSSR count). The van der Waals surface area contributed by atoms with Crippen molar-refractivity contribution in [2.75, 3.05) is 0 Å². The molecule has 0 radical (unpaired) electrons. The molecule has 0 unspecified atom stereocenters. The summed E-state index contributed by atoms with van der Waals surface area (Å²) in [7, 11) is -4.90. The van der Waals surface area contributed by atoms with E-state index in [9.17, 15) is 15.3 Å². The van der Waals surface area contributed by atoms with Crippen molar-refractivity contribution in [1.29, 1.82) is 0 Å². The fourth-order valence-electron chi connectivity index (χ4n) is 8.72. The molecule has 3 aromatic carbocycles. The Morgan fingerprint density at radius 1 is 0.306 bits per heavy atom. The van der Waals surface area contributed by atoms with Crippen molar-refractivity contribution in [2.45, 2.75) is 236 Å². The van der Waals surface area contributed by atoms with E-state index in [0.29, 0.717) is 50.1 Å². The van der Waals surface area contributed by atoms with Crippen LogP contribution in [-0.2, 0) is 53.3 Å². The predicted octanol–water partition coefficient (Wildman–Crippen LogP) is 16.1. The van der Waals surface area contributed by atoms with E-state index in [1.165, 1.54) is 0 Å². The topological polar surface area (TPSA) is 105 Å². The highest BCUT2D eigenvalue weighted by Crippen LogP contribution is 2.60. The monoisotopic (exact) mass is 879 g/mol. The lowest BCUT2D eigenvalue weighted by atomic mass is 9.71. The van der Waals surface area contributed by atoms with Gasteiger partial charge in [0.2, 0.25) is 0 Å². The van der Waals surface area contributed by atoms with Crippen molar-refractivity contribution >= 4 is 7.82 Å². The quantitative estimate of drug-likeness (QED) is 0.212. The SMILES string of the molecule is CC(C)(C)c1cc(OP(=O)(Oc2cc(C(C)(C)C)c(O)c(C(C)(C)C)c2C(C)(C)C)Oc2cc(C(C)(C)C)c(O)c(C(C)(C)C)c2C(C)(C)C)c(C(C)(C)C)c(C(C)(C)C)c1O. The molecule has 0 atom stereocenters. The van der Waals surface area contributed by atoms with Gasteiger partial charge in [0.25, 0.3) is 0 Å². The van der Waals surface area contributed by atoms with E-state index < -0.39 is 56.6 Å². The van der Waals surface area contributed by atoms with E-state index in [1.54, 1.807) is 18.2 Å². The third-order valence-corrected chi connectivity index (χ3v) is 12.6. The standard InChI is InChI=1S/C54H87O7P/c1-46(2,3)31-28-34(37(49(10,11)12)40(43(31)55)52(19,20)21)59-62(58,60-35-29-32(47(4,5)6)44(56)41(53(22,23)24)38(35)50(13,14)15)61-36-30-33(48(7,8)9)45(57)42(54(25,26)27)39(36)51(16,17)18/h28-30,55-57H,1-27H3. The summed E-state index contributed by atoms with van der Waals surface area (Å²) in [4.78, 5) is 0. The summed E-state index contributed by atoms with van der Waals surface area (Å²) in [6, 6.07) is 5.40. The Morgan fingerprint density at radius 2 is 0.468 bits per heavy atom. The summed E-state index contributed by atoms with van der Waals surface area (Å²) in [5, 5.41) is 36.6. The zero-order valence-electron chi connectivity index (χ0n) is 44.2. The number of aromatic hydroxyl groups is 3. The molecule has 3 N–H and O–H groups in total. The van der Waals surface area contributed by atoms with Crippen LogP contribution in [0.4, 0.5) is 0 Å². The molecule has 62 heavy (non-hydrogen) atoms. The van der Waals surface area contributed by atoms with Gasteiger partial charge in [-0.25, -0.2) is 0 Å². The second-order valence-corrected chi connectivity index (χ2v) is 28.5. The Labute approximate surface area is 378 Å². The Hall–Kier alpha value is -3.31. The van der Waals surface area contributed by atoms with Crippen LogP contribution in [0, 0.1) is 0 Å². The van der Waals surface area contributed by atoms with Crippen LogP contribution in [0.25, 0.3) is 0 Å². The highest BCUT2D eigenvalue weighted by Gasteiger charge is 2.45. The molecule has 0 bridgehead atoms. The molecule has 0 aromatic heterocycles. The number of hydrogen-bond donors (Lipinski definition) is 3. The normalized spacial score (nSPS) is 14.3. The van der Waals surface area contributed by atoms with Gasteiger partial charge in [0, 0.05) is 50.1 Å². The minimum atomic E-state index is -4.90. The van der Waals surface area contributed by atoms with Crippen LogP contribution in [0.3, 0.4) is 0 Å². The maximum atomic E-state index is 16.7. The number of phenols is 3. The lowest BCUT2D eigenvalue weighted by Gasteiger charge is -2.38. The third-order valence-electron chi connectivity index (χ3n) is 11.3. The molecule has 0 fully saturated rings. The molecule has 350 valence electrons. The van der Waals surface area contributed by atoms with Crippen LogP contribution in [0.15, 0.2) is 18.2 Å². The first-order chi connectivity index (χ1) is 27.1. The van der Waals surface area contributed by atoms with Gasteiger partial charge in [0.05, 0.1) is 0 Å². The Morgan fingerprint density at radius 3 is 0.597 bits per heavy atom. The molecule has 7 nitrogen and oxygen atoms in total. The van der Waals surface area contributed by atoms with Gasteiger partial charge in [-0.1, -0.05) is 187 Å². The largest absolute Gasteiger partial charge is 0.647 e. The number of benzene rings is 3. The molecule has 0 aliphatic carbocycles. The average molecular weight is 879 g/mol. The summed E-state index contributed by atoms with van der Waals surface area (Å²) < 4.78 is 37.9. The first-order valence-electron chi connectivity index (χ1n) is 22.5. The highest BCUT2D eigenvalue weighted by molar-refractivity contribution is 7.49. The Kier molecular flexibility index (Phi) is 13.7. The van der Waals surface area contributed by atoms with Gasteiger partial charge < -0.3 is 28.9 Å². The maximum absolute atomic E-state index is 16.7. The van der Waals surface area contributed by atoms with Crippen LogP contribution in [0.2, 0.25) is 0 Å². The average Bonchev–Trinajstić information content (AvgIpc) is 2.97. The first kappa shape index (κ1) is 53.0. The van der Waals surface area contributed by atoms with Crippen LogP contribution in [0.5, 0.6) is 34.5 Å². The molecule has 0 saturated carbocycles. The zero-order valence-corrected chi connectivity index (χ0v) is 45.0. The summed E-state index contributed by atoms with van der Waals surface area (Å²) in [5.74, 6) is 1.36. The smallest absolute Gasteiger partial charge is 0.507 e. The van der Waals surface area contributed by atoms with E-state index >= 15 is 4.57 Å². The van der Waals surface area contributed by atoms with Crippen molar-refractivity contribution in [2.24, 2.45) is 0 Å². The fourth-order valence-corrected chi connectivity index (χ4v) is 9.98. The molecular weight excluding hydrogens is 792 g/mol. The van der Waals surface area contributed by atoms with E-state index in [-0.39, 0.29) is 34.5 Å². The van der Waals surface area contributed by atoms with Crippen molar-refractivity contribution in [1.82, 2.24) is 0 Å². The molecule has 0 spiro atoms. The lowest BCUT2D eigenvalue weighted by molar-refractivity contribution is 0.285. The van der Waals surface area contributed by atoms with Crippen LogP contribution in [-0.4, -0.2) is 15.3 Å². The van der Waals surface area contributed by atoms with Gasteiger partial charge in [-0.15, -0.1) is 0 Å². The number of hydrogen-bond acceptors (Lipinski definition) is 7. The second kappa shape index (κ2) is 16.0. The van der Waals surface area contributed by atoms with Gasteiger partial charge >= 0.3 is 7.82 Å². The van der Waals surface area contributed by atoms with Crippen molar-refractivity contribution in [3.05, 3.63) is 68.3 Å². The molecule has 3 aromatic rings. The molecular formula is C54H87O7P. The predicted molar refractivity (Wildman–Crippen MR) is 262 cm³/mol. The van der Waals surface area contributed by atoms with Crippen LogP contribution < -0.4 is 13.6 Å². The van der Waals surface area contributed by atoms with Gasteiger partial charge in [0.15, 0.2) is 0 Å². The summed E-state index contributed by atoms with van der Waals surface area (Å²) in [6.45, 7) is 55.3. The van der Waals surface area contributed by atoms with E-state index in [2.05, 4.69) is 125 Å². The molecule has 0 aliphatic heterocycles. The van der Waals surface area contributed by atoms with E-state index in [4.69, 9.17) is 13.6 Å². The van der Waals surface area contributed by atoms with Crippen molar-refractivity contribution in [3.63, 3.8) is 0 Å². The third kappa shape index (κ3) is 11.1. The molecule has 8 heteroatoms. The van der Waals surface area contributed by atoms with Crippen LogP contribution in [0.1, 0.15) is 237 Å². The molecule has 0 amide bonds. The minimum Gasteiger partial charge on any atom is -0.507 e. The number of phosphoric acid groups is 1. The van der Waals surface area contributed by atoms with Crippen LogP contribution >= 0.6 is 7.82 Å². The van der Waals surface area contributed by atoms with Crippen molar-refractivity contribution < 1.29 is 33.5 Å². The Bertz CT molecular complexity index is 1960. The van der Waals surface area contributed by atoms with Gasteiger partial charge in [-0.3, -0.25) is 0 Å². The van der Waals surface area contributed by atoms with Crippen molar-refractivity contribution in [3.8, 4) is 34.5 Å². The maximum Gasteiger partial charge on any atom is 0.647 e.